The number of carbonyl (C=O) groups excluding carboxylic acids is 2. The first-order chi connectivity index (χ1) is 13.5. The maximum atomic E-state index is 12.8. The first-order valence-electron chi connectivity index (χ1n) is 8.97. The Kier molecular flexibility index (Phi) is 6.92. The van der Waals surface area contributed by atoms with Gasteiger partial charge < -0.3 is 10.2 Å². The topological polar surface area (TPSA) is 73.2 Å². The highest BCUT2D eigenvalue weighted by molar-refractivity contribution is 14.1. The van der Waals surface area contributed by atoms with Gasteiger partial charge >= 0.3 is 0 Å². The van der Waals surface area contributed by atoms with Crippen molar-refractivity contribution in [2.75, 3.05) is 6.54 Å². The molecule has 0 aliphatic carbocycles. The maximum absolute atomic E-state index is 12.8. The van der Waals surface area contributed by atoms with Crippen LogP contribution in [0.1, 0.15) is 30.0 Å². The molecule has 1 aliphatic heterocycles. The van der Waals surface area contributed by atoms with E-state index in [0.717, 1.165) is 15.6 Å². The van der Waals surface area contributed by atoms with Crippen LogP contribution in [0, 0.1) is 14.9 Å². The zero-order valence-electron chi connectivity index (χ0n) is 15.1. The fraction of sp³-hybridized carbons (Fsp3) is 0.286. The molecule has 3 rings (SSSR count). The summed E-state index contributed by atoms with van der Waals surface area (Å²) in [6.07, 6.45) is 1.62. The molecule has 1 heterocycles. The van der Waals surface area contributed by atoms with E-state index in [1.807, 2.05) is 24.3 Å². The smallest absolute Gasteiger partial charge is 0.244 e. The second-order valence-electron chi connectivity index (χ2n) is 6.67. The summed E-state index contributed by atoms with van der Waals surface area (Å²) in [5, 5.41) is 12.7. The summed E-state index contributed by atoms with van der Waals surface area (Å²) < 4.78 is 1.11. The van der Waals surface area contributed by atoms with Crippen molar-refractivity contribution >= 4 is 46.0 Å². The number of amides is 2. The van der Waals surface area contributed by atoms with Crippen molar-refractivity contribution < 1.29 is 9.59 Å². The zero-order valence-corrected chi connectivity index (χ0v) is 18.0. The third-order valence-electron chi connectivity index (χ3n) is 4.74. The van der Waals surface area contributed by atoms with Gasteiger partial charge in [-0.2, -0.15) is 5.26 Å². The molecule has 2 aromatic rings. The van der Waals surface area contributed by atoms with E-state index < -0.39 is 12.1 Å². The second kappa shape index (κ2) is 9.39. The van der Waals surface area contributed by atoms with Crippen LogP contribution in [0.25, 0.3) is 0 Å². The van der Waals surface area contributed by atoms with E-state index in [9.17, 15) is 14.9 Å². The van der Waals surface area contributed by atoms with E-state index >= 15 is 0 Å². The van der Waals surface area contributed by atoms with Crippen LogP contribution in [0.3, 0.4) is 0 Å². The Morgan fingerprint density at radius 1 is 1.29 bits per heavy atom. The summed E-state index contributed by atoms with van der Waals surface area (Å²) in [6, 6.07) is 15.4. The summed E-state index contributed by atoms with van der Waals surface area (Å²) in [7, 11) is 0. The van der Waals surface area contributed by atoms with Crippen molar-refractivity contribution in [1.82, 2.24) is 10.2 Å². The fourth-order valence-corrected chi connectivity index (χ4v) is 3.89. The number of nitriles is 1. The Hall–Kier alpha value is -2.11. The average Bonchev–Trinajstić information content (AvgIpc) is 3.18. The van der Waals surface area contributed by atoms with Gasteiger partial charge in [0.2, 0.25) is 11.8 Å². The van der Waals surface area contributed by atoms with Crippen LogP contribution in [0.5, 0.6) is 0 Å². The van der Waals surface area contributed by atoms with Crippen molar-refractivity contribution in [3.05, 3.63) is 68.3 Å². The first-order valence-corrected chi connectivity index (χ1v) is 10.4. The largest absolute Gasteiger partial charge is 0.335 e. The second-order valence-corrected chi connectivity index (χ2v) is 8.36. The Morgan fingerprint density at radius 2 is 2.04 bits per heavy atom. The molecule has 144 valence electrons. The highest BCUT2D eigenvalue weighted by Crippen LogP contribution is 2.22. The van der Waals surface area contributed by atoms with Gasteiger partial charge in [0.25, 0.3) is 0 Å². The Bertz CT molecular complexity index is 911. The lowest BCUT2D eigenvalue weighted by Gasteiger charge is -2.25. The maximum Gasteiger partial charge on any atom is 0.244 e. The average molecular weight is 508 g/mol. The number of likely N-dealkylation sites (tertiary alicyclic amines) is 1. The van der Waals surface area contributed by atoms with Crippen LogP contribution in [0.4, 0.5) is 0 Å². The van der Waals surface area contributed by atoms with Gasteiger partial charge in [0.05, 0.1) is 12.5 Å². The highest BCUT2D eigenvalue weighted by atomic mass is 127. The van der Waals surface area contributed by atoms with Gasteiger partial charge in [0, 0.05) is 15.1 Å². The summed E-state index contributed by atoms with van der Waals surface area (Å²) in [6.45, 7) is 0.551. The monoisotopic (exact) mass is 507 g/mol. The van der Waals surface area contributed by atoms with Crippen molar-refractivity contribution in [3.8, 4) is 6.07 Å². The van der Waals surface area contributed by atoms with E-state index in [1.165, 1.54) is 0 Å². The summed E-state index contributed by atoms with van der Waals surface area (Å²) in [5.41, 5.74) is 1.54. The molecule has 0 aromatic heterocycles. The molecule has 0 bridgehead atoms. The Morgan fingerprint density at radius 3 is 2.71 bits per heavy atom. The molecule has 28 heavy (non-hydrogen) atoms. The SMILES string of the molecule is N#CC(NC(=O)[C@@H]1CCCN1C(=O)Cc1ccc(I)cc1)c1cccc(Cl)c1. The van der Waals surface area contributed by atoms with Gasteiger partial charge in [0.15, 0.2) is 0 Å². The minimum absolute atomic E-state index is 0.0740. The van der Waals surface area contributed by atoms with E-state index in [0.29, 0.717) is 23.6 Å². The third kappa shape index (κ3) is 5.03. The van der Waals surface area contributed by atoms with Crippen molar-refractivity contribution in [2.45, 2.75) is 31.3 Å². The van der Waals surface area contributed by atoms with Gasteiger partial charge in [0.1, 0.15) is 12.1 Å². The Labute approximate surface area is 182 Å². The molecule has 1 fully saturated rings. The van der Waals surface area contributed by atoms with Crippen molar-refractivity contribution in [2.24, 2.45) is 0 Å². The molecule has 2 aromatic carbocycles. The molecule has 0 radical (unpaired) electrons. The molecule has 1 saturated heterocycles. The quantitative estimate of drug-likeness (QED) is 0.625. The molecular formula is C21H19ClIN3O2. The molecule has 7 heteroatoms. The van der Waals surface area contributed by atoms with E-state index in [-0.39, 0.29) is 18.2 Å². The minimum Gasteiger partial charge on any atom is -0.335 e. The molecule has 1 unspecified atom stereocenters. The van der Waals surface area contributed by atoms with E-state index in [2.05, 4.69) is 34.0 Å². The number of benzene rings is 2. The third-order valence-corrected chi connectivity index (χ3v) is 5.70. The van der Waals surface area contributed by atoms with Gasteiger partial charge in [-0.25, -0.2) is 0 Å². The number of carbonyl (C=O) groups is 2. The van der Waals surface area contributed by atoms with Gasteiger partial charge in [-0.1, -0.05) is 35.9 Å². The number of nitrogens with one attached hydrogen (secondary N) is 1. The molecule has 1 aliphatic rings. The lowest BCUT2D eigenvalue weighted by atomic mass is 10.1. The number of nitrogens with zero attached hydrogens (tertiary/aromatic N) is 2. The van der Waals surface area contributed by atoms with Crippen LogP contribution >= 0.6 is 34.2 Å². The Balaban J connectivity index is 1.67. The summed E-state index contributed by atoms with van der Waals surface area (Å²) in [5.74, 6) is -0.380. The normalized spacial score (nSPS) is 17.0. The predicted octanol–water partition coefficient (Wildman–Crippen LogP) is 3.86. The van der Waals surface area contributed by atoms with Crippen molar-refractivity contribution in [3.63, 3.8) is 0 Å². The zero-order chi connectivity index (χ0) is 20.1. The lowest BCUT2D eigenvalue weighted by molar-refractivity contribution is -0.138. The molecule has 2 atom stereocenters. The lowest BCUT2D eigenvalue weighted by Crippen LogP contribution is -2.47. The number of hydrogen-bond acceptors (Lipinski definition) is 3. The van der Waals surface area contributed by atoms with Gasteiger partial charge in [-0.3, -0.25) is 9.59 Å². The van der Waals surface area contributed by atoms with Gasteiger partial charge in [-0.05, 0) is 70.8 Å². The van der Waals surface area contributed by atoms with Crippen LogP contribution in [0.15, 0.2) is 48.5 Å². The van der Waals surface area contributed by atoms with Crippen LogP contribution < -0.4 is 5.32 Å². The summed E-state index contributed by atoms with van der Waals surface area (Å²) >= 11 is 8.20. The highest BCUT2D eigenvalue weighted by Gasteiger charge is 2.34. The number of rotatable bonds is 5. The first kappa shape index (κ1) is 20.6. The molecule has 0 spiro atoms. The number of halogens is 2. The molecule has 0 saturated carbocycles. The summed E-state index contributed by atoms with van der Waals surface area (Å²) in [4.78, 5) is 27.2. The molecule has 1 N–H and O–H groups in total. The van der Waals surface area contributed by atoms with Crippen LogP contribution in [0.2, 0.25) is 5.02 Å². The molecule has 2 amide bonds. The minimum atomic E-state index is -0.806. The number of hydrogen-bond donors (Lipinski definition) is 1. The molecule has 5 nitrogen and oxygen atoms in total. The van der Waals surface area contributed by atoms with Gasteiger partial charge in [-0.15, -0.1) is 0 Å². The van der Waals surface area contributed by atoms with Crippen molar-refractivity contribution in [1.29, 1.82) is 5.26 Å². The van der Waals surface area contributed by atoms with E-state index in [1.54, 1.807) is 29.2 Å². The fourth-order valence-electron chi connectivity index (χ4n) is 3.33. The predicted molar refractivity (Wildman–Crippen MR) is 116 cm³/mol. The van der Waals surface area contributed by atoms with E-state index in [4.69, 9.17) is 11.6 Å². The molecular weight excluding hydrogens is 489 g/mol. The standard InChI is InChI=1S/C21H19ClIN3O2/c22-16-4-1-3-15(12-16)18(13-24)25-21(28)19-5-2-10-26(19)20(27)11-14-6-8-17(23)9-7-14/h1,3-4,6-9,12,18-19H,2,5,10-11H2,(H,25,28)/t18?,19-/m0/s1. The van der Waals surface area contributed by atoms with Crippen LogP contribution in [-0.2, 0) is 16.0 Å². The van der Waals surface area contributed by atoms with Crippen LogP contribution in [-0.4, -0.2) is 29.3 Å².